The number of aromatic nitrogens is 3. The molecule has 5 nitrogen and oxygen atoms in total. The maximum absolute atomic E-state index is 4.52. The molecule has 1 aliphatic rings. The van der Waals surface area contributed by atoms with E-state index in [2.05, 4.69) is 61.6 Å². The molecule has 0 atom stereocenters. The van der Waals surface area contributed by atoms with Gasteiger partial charge in [-0.05, 0) is 24.3 Å². The summed E-state index contributed by atoms with van der Waals surface area (Å²) in [6, 6.07) is 20.6. The van der Waals surface area contributed by atoms with Gasteiger partial charge in [0.2, 0.25) is 0 Å². The van der Waals surface area contributed by atoms with E-state index in [-0.39, 0.29) is 0 Å². The number of fused-ring (bicyclic) bond motifs is 2. The number of rotatable bonds is 3. The van der Waals surface area contributed by atoms with Crippen molar-refractivity contribution in [3.8, 4) is 0 Å². The summed E-state index contributed by atoms with van der Waals surface area (Å²) in [6.45, 7) is 1.59. The number of pyridine rings is 1. The summed E-state index contributed by atoms with van der Waals surface area (Å²) in [5.74, 6) is 0.852. The molecule has 5 heteroatoms. The predicted molar refractivity (Wildman–Crippen MR) is 103 cm³/mol. The van der Waals surface area contributed by atoms with Crippen molar-refractivity contribution in [2.24, 2.45) is 0 Å². The number of hydrogen-bond donors (Lipinski definition) is 1. The fourth-order valence-electron chi connectivity index (χ4n) is 3.38. The topological polar surface area (TPSA) is 53.9 Å². The molecule has 5 rings (SSSR count). The van der Waals surface area contributed by atoms with Crippen molar-refractivity contribution >= 4 is 28.1 Å². The fourth-order valence-corrected chi connectivity index (χ4v) is 3.38. The Morgan fingerprint density at radius 1 is 0.846 bits per heavy atom. The van der Waals surface area contributed by atoms with Gasteiger partial charge in [-0.15, -0.1) is 0 Å². The van der Waals surface area contributed by atoms with Gasteiger partial charge < -0.3 is 10.2 Å². The van der Waals surface area contributed by atoms with Gasteiger partial charge in [0, 0.05) is 23.2 Å². The maximum atomic E-state index is 4.52. The van der Waals surface area contributed by atoms with Crippen LogP contribution in [0, 0.1) is 0 Å². The number of hydrogen-bond acceptors (Lipinski definition) is 5. The Morgan fingerprint density at radius 3 is 2.62 bits per heavy atom. The highest BCUT2D eigenvalue weighted by Crippen LogP contribution is 2.31. The van der Waals surface area contributed by atoms with E-state index in [0.717, 1.165) is 46.8 Å². The maximum Gasteiger partial charge on any atom is 0.139 e. The standard InChI is InChI=1S/C21H17N5/c1-2-7-17(8-3-1)26-12-18-20(13-26)23-14-24-21(18)25-16-10-15-6-4-5-9-19(15)22-11-16/h1-11,14H,12-13H2,(H,23,24,25). The predicted octanol–water partition coefficient (Wildman–Crippen LogP) is 4.29. The Balaban J connectivity index is 1.46. The number of benzene rings is 2. The van der Waals surface area contributed by atoms with Crippen molar-refractivity contribution in [3.05, 3.63) is 84.4 Å². The van der Waals surface area contributed by atoms with Crippen molar-refractivity contribution < 1.29 is 0 Å². The molecule has 1 N–H and O–H groups in total. The zero-order chi connectivity index (χ0) is 17.3. The molecule has 126 valence electrons. The first-order chi connectivity index (χ1) is 12.9. The number of anilines is 3. The van der Waals surface area contributed by atoms with Gasteiger partial charge in [0.05, 0.1) is 29.6 Å². The minimum absolute atomic E-state index is 0.795. The second-order valence-corrected chi connectivity index (χ2v) is 6.38. The molecule has 1 aliphatic heterocycles. The van der Waals surface area contributed by atoms with Crippen molar-refractivity contribution in [3.63, 3.8) is 0 Å². The summed E-state index contributed by atoms with van der Waals surface area (Å²) < 4.78 is 0. The lowest BCUT2D eigenvalue weighted by Gasteiger charge is -2.17. The molecule has 0 bridgehead atoms. The quantitative estimate of drug-likeness (QED) is 0.603. The van der Waals surface area contributed by atoms with E-state index >= 15 is 0 Å². The molecule has 0 saturated heterocycles. The lowest BCUT2D eigenvalue weighted by atomic mass is 10.2. The van der Waals surface area contributed by atoms with E-state index in [1.165, 1.54) is 5.69 Å². The van der Waals surface area contributed by atoms with Crippen LogP contribution in [-0.4, -0.2) is 15.0 Å². The monoisotopic (exact) mass is 339 g/mol. The minimum atomic E-state index is 0.795. The Bertz CT molecular complexity index is 1080. The van der Waals surface area contributed by atoms with Crippen molar-refractivity contribution in [1.29, 1.82) is 0 Å². The SMILES string of the molecule is c1ccc(N2Cc3ncnc(Nc4cnc5ccccc5c4)c3C2)cc1. The highest BCUT2D eigenvalue weighted by molar-refractivity contribution is 5.82. The summed E-state index contributed by atoms with van der Waals surface area (Å²) >= 11 is 0. The van der Waals surface area contributed by atoms with Crippen LogP contribution in [0.5, 0.6) is 0 Å². The van der Waals surface area contributed by atoms with E-state index in [1.54, 1.807) is 6.33 Å². The van der Waals surface area contributed by atoms with Gasteiger partial charge in [0.1, 0.15) is 12.1 Å². The molecule has 0 fully saturated rings. The smallest absolute Gasteiger partial charge is 0.139 e. The molecule has 0 aliphatic carbocycles. The first kappa shape index (κ1) is 14.8. The van der Waals surface area contributed by atoms with Gasteiger partial charge in [-0.25, -0.2) is 9.97 Å². The third-order valence-corrected chi connectivity index (χ3v) is 4.70. The van der Waals surface area contributed by atoms with E-state index in [1.807, 2.05) is 30.5 Å². The Morgan fingerprint density at radius 2 is 1.69 bits per heavy atom. The average molecular weight is 339 g/mol. The van der Waals surface area contributed by atoms with Crippen LogP contribution < -0.4 is 10.2 Å². The van der Waals surface area contributed by atoms with E-state index in [0.29, 0.717) is 0 Å². The normalized spacial score (nSPS) is 13.0. The van der Waals surface area contributed by atoms with E-state index in [9.17, 15) is 0 Å². The van der Waals surface area contributed by atoms with Crippen LogP contribution in [0.25, 0.3) is 10.9 Å². The third kappa shape index (κ3) is 2.63. The lowest BCUT2D eigenvalue weighted by Crippen LogP contribution is -2.14. The van der Waals surface area contributed by atoms with Crippen LogP contribution in [-0.2, 0) is 13.1 Å². The Kier molecular flexibility index (Phi) is 3.49. The Hall–Kier alpha value is -3.47. The minimum Gasteiger partial charge on any atom is -0.361 e. The molecule has 0 saturated carbocycles. The average Bonchev–Trinajstić information content (AvgIpc) is 3.14. The fraction of sp³-hybridized carbons (Fsp3) is 0.0952. The molecule has 3 heterocycles. The molecule has 0 amide bonds. The zero-order valence-electron chi connectivity index (χ0n) is 14.1. The van der Waals surface area contributed by atoms with Gasteiger partial charge >= 0.3 is 0 Å². The first-order valence-electron chi connectivity index (χ1n) is 8.61. The highest BCUT2D eigenvalue weighted by atomic mass is 15.2. The second kappa shape index (κ2) is 6.11. The third-order valence-electron chi connectivity index (χ3n) is 4.70. The van der Waals surface area contributed by atoms with Gasteiger partial charge in [-0.3, -0.25) is 4.98 Å². The lowest BCUT2D eigenvalue weighted by molar-refractivity contribution is 0.871. The second-order valence-electron chi connectivity index (χ2n) is 6.38. The van der Waals surface area contributed by atoms with Gasteiger partial charge in [0.25, 0.3) is 0 Å². The Labute approximate surface area is 151 Å². The highest BCUT2D eigenvalue weighted by Gasteiger charge is 2.24. The molecule has 2 aromatic heterocycles. The number of para-hydroxylation sites is 2. The largest absolute Gasteiger partial charge is 0.361 e. The zero-order valence-corrected chi connectivity index (χ0v) is 14.1. The molecule has 4 aromatic rings. The van der Waals surface area contributed by atoms with Crippen molar-refractivity contribution in [2.75, 3.05) is 10.2 Å². The van der Waals surface area contributed by atoms with E-state index < -0.39 is 0 Å². The molecule has 0 unspecified atom stereocenters. The van der Waals surface area contributed by atoms with E-state index in [4.69, 9.17) is 0 Å². The molecule has 26 heavy (non-hydrogen) atoms. The molecular weight excluding hydrogens is 322 g/mol. The number of nitrogens with zero attached hydrogens (tertiary/aromatic N) is 4. The van der Waals surface area contributed by atoms with Crippen LogP contribution in [0.3, 0.4) is 0 Å². The van der Waals surface area contributed by atoms with Crippen LogP contribution in [0.1, 0.15) is 11.3 Å². The molecule has 0 radical (unpaired) electrons. The van der Waals surface area contributed by atoms with Crippen LogP contribution in [0.15, 0.2) is 73.2 Å². The first-order valence-corrected chi connectivity index (χ1v) is 8.61. The molecule has 2 aromatic carbocycles. The van der Waals surface area contributed by atoms with Crippen molar-refractivity contribution in [1.82, 2.24) is 15.0 Å². The summed E-state index contributed by atoms with van der Waals surface area (Å²) in [5, 5.41) is 4.53. The van der Waals surface area contributed by atoms with Crippen LogP contribution in [0.4, 0.5) is 17.2 Å². The molecular formula is C21H17N5. The van der Waals surface area contributed by atoms with Gasteiger partial charge in [0.15, 0.2) is 0 Å². The van der Waals surface area contributed by atoms with Gasteiger partial charge in [-0.2, -0.15) is 0 Å². The summed E-state index contributed by atoms with van der Waals surface area (Å²) in [4.78, 5) is 15.8. The van der Waals surface area contributed by atoms with Crippen LogP contribution in [0.2, 0.25) is 0 Å². The summed E-state index contributed by atoms with van der Waals surface area (Å²) in [7, 11) is 0. The summed E-state index contributed by atoms with van der Waals surface area (Å²) in [6.07, 6.45) is 3.48. The summed E-state index contributed by atoms with van der Waals surface area (Å²) in [5.41, 5.74) is 5.33. The van der Waals surface area contributed by atoms with Gasteiger partial charge in [-0.1, -0.05) is 36.4 Å². The number of nitrogens with one attached hydrogen (secondary N) is 1. The molecule has 0 spiro atoms. The van der Waals surface area contributed by atoms with Crippen LogP contribution >= 0.6 is 0 Å². The van der Waals surface area contributed by atoms with Crippen molar-refractivity contribution in [2.45, 2.75) is 13.1 Å².